The molecule has 3 heteroatoms. The molecule has 0 saturated carbocycles. The molecule has 3 nitrogen and oxygen atoms in total. The molecule has 190 valence electrons. The first-order valence-electron chi connectivity index (χ1n) is 14.1. The molecule has 0 aliphatic carbocycles. The van der Waals surface area contributed by atoms with Crippen LogP contribution in [0.5, 0.6) is 0 Å². The molecule has 0 aliphatic rings. The highest BCUT2D eigenvalue weighted by Gasteiger charge is 2.23. The summed E-state index contributed by atoms with van der Waals surface area (Å²) in [5, 5.41) is 9.07. The van der Waals surface area contributed by atoms with Gasteiger partial charge in [0, 0.05) is 55.3 Å². The van der Waals surface area contributed by atoms with E-state index in [1.54, 1.807) is 0 Å². The largest absolute Gasteiger partial charge is 0.315 e. The molecular formula is C38H23N3. The minimum Gasteiger partial charge on any atom is -0.315 e. The van der Waals surface area contributed by atoms with Crippen molar-refractivity contribution in [1.29, 1.82) is 0 Å². The van der Waals surface area contributed by atoms with Gasteiger partial charge < -0.3 is 13.5 Å². The van der Waals surface area contributed by atoms with Crippen LogP contribution in [-0.4, -0.2) is 13.5 Å². The van der Waals surface area contributed by atoms with E-state index in [1.165, 1.54) is 82.2 Å². The van der Waals surface area contributed by atoms with E-state index in [0.717, 1.165) is 0 Å². The van der Waals surface area contributed by atoms with Crippen molar-refractivity contribution in [3.05, 3.63) is 140 Å². The van der Waals surface area contributed by atoms with E-state index >= 15 is 0 Å². The molecule has 10 rings (SSSR count). The Morgan fingerprint density at radius 1 is 0.366 bits per heavy atom. The molecule has 4 heterocycles. The number of hydrogen-bond acceptors (Lipinski definition) is 0. The molecule has 4 aromatic heterocycles. The van der Waals surface area contributed by atoms with Crippen LogP contribution in [0.4, 0.5) is 0 Å². The molecule has 6 aromatic carbocycles. The maximum atomic E-state index is 2.45. The molecule has 0 bridgehead atoms. The number of fused-ring (bicyclic) bond motifs is 10. The van der Waals surface area contributed by atoms with Crippen LogP contribution in [0.25, 0.3) is 82.2 Å². The van der Waals surface area contributed by atoms with Crippen LogP contribution in [0.2, 0.25) is 0 Å². The summed E-state index contributed by atoms with van der Waals surface area (Å²) in [6.45, 7) is 0. The minimum atomic E-state index is 1.18. The van der Waals surface area contributed by atoms with Gasteiger partial charge in [0.2, 0.25) is 0 Å². The van der Waals surface area contributed by atoms with Crippen LogP contribution in [0.15, 0.2) is 140 Å². The van der Waals surface area contributed by atoms with E-state index in [1.807, 2.05) is 0 Å². The van der Waals surface area contributed by atoms with Crippen molar-refractivity contribution in [3.8, 4) is 11.4 Å². The Labute approximate surface area is 235 Å². The predicted molar refractivity (Wildman–Crippen MR) is 172 cm³/mol. The highest BCUT2D eigenvalue weighted by atomic mass is 15.0. The summed E-state index contributed by atoms with van der Waals surface area (Å²) in [6.07, 6.45) is 2.25. The summed E-state index contributed by atoms with van der Waals surface area (Å²) in [5.74, 6) is 0. The summed E-state index contributed by atoms with van der Waals surface area (Å²) in [7, 11) is 0. The number of nitrogens with zero attached hydrogens (tertiary/aromatic N) is 3. The summed E-state index contributed by atoms with van der Waals surface area (Å²) in [4.78, 5) is 0. The van der Waals surface area contributed by atoms with E-state index in [0.29, 0.717) is 0 Å². The van der Waals surface area contributed by atoms with Crippen molar-refractivity contribution >= 4 is 70.8 Å². The standard InChI is InChI=1S/C38H23N3/c1-3-11-25(12-4-1)40-31-17-9-7-15-27(31)29-22-30-33(23-34(29)40)39-20-19-24-21-35-36(37(30)38(24)39)28-16-8-10-18-32(28)41(35)26-13-5-2-6-14-26/h1-23H. The van der Waals surface area contributed by atoms with Gasteiger partial charge in [-0.3, -0.25) is 0 Å². The Bertz CT molecular complexity index is 2610. The van der Waals surface area contributed by atoms with Crippen LogP contribution < -0.4 is 0 Å². The Balaban J connectivity index is 1.45. The lowest BCUT2D eigenvalue weighted by Gasteiger charge is -2.08. The molecule has 0 spiro atoms. The zero-order valence-electron chi connectivity index (χ0n) is 22.1. The fraction of sp³-hybridized carbons (Fsp3) is 0. The van der Waals surface area contributed by atoms with E-state index < -0.39 is 0 Å². The van der Waals surface area contributed by atoms with Crippen LogP contribution >= 0.6 is 0 Å². The van der Waals surface area contributed by atoms with E-state index in [2.05, 4.69) is 153 Å². The topological polar surface area (TPSA) is 14.3 Å². The molecule has 0 amide bonds. The number of rotatable bonds is 2. The molecule has 0 fully saturated rings. The number of hydrogen-bond donors (Lipinski definition) is 0. The van der Waals surface area contributed by atoms with Crippen LogP contribution in [-0.2, 0) is 0 Å². The zero-order valence-corrected chi connectivity index (χ0v) is 22.1. The Morgan fingerprint density at radius 3 is 1.71 bits per heavy atom. The van der Waals surface area contributed by atoms with E-state index in [4.69, 9.17) is 0 Å². The van der Waals surface area contributed by atoms with Gasteiger partial charge in [-0.2, -0.15) is 0 Å². The van der Waals surface area contributed by atoms with Gasteiger partial charge in [0.05, 0.1) is 33.1 Å². The van der Waals surface area contributed by atoms with Gasteiger partial charge in [0.15, 0.2) is 0 Å². The predicted octanol–water partition coefficient (Wildman–Crippen LogP) is 9.88. The van der Waals surface area contributed by atoms with Gasteiger partial charge in [-0.1, -0.05) is 72.8 Å². The van der Waals surface area contributed by atoms with Crippen molar-refractivity contribution in [3.63, 3.8) is 0 Å². The minimum absolute atomic E-state index is 1.18. The number of aromatic nitrogens is 3. The first kappa shape index (κ1) is 21.3. The molecule has 0 radical (unpaired) electrons. The molecule has 10 aromatic rings. The number of para-hydroxylation sites is 4. The van der Waals surface area contributed by atoms with Crippen molar-refractivity contribution < 1.29 is 0 Å². The quantitative estimate of drug-likeness (QED) is 0.215. The van der Waals surface area contributed by atoms with Crippen molar-refractivity contribution in [2.45, 2.75) is 0 Å². The zero-order chi connectivity index (χ0) is 26.7. The highest BCUT2D eigenvalue weighted by Crippen LogP contribution is 2.45. The lowest BCUT2D eigenvalue weighted by Crippen LogP contribution is -1.93. The van der Waals surface area contributed by atoms with Crippen LogP contribution in [0.3, 0.4) is 0 Å². The van der Waals surface area contributed by atoms with Crippen molar-refractivity contribution in [1.82, 2.24) is 13.5 Å². The Kier molecular flexibility index (Phi) is 3.93. The van der Waals surface area contributed by atoms with E-state index in [-0.39, 0.29) is 0 Å². The Morgan fingerprint density at radius 2 is 0.976 bits per heavy atom. The first-order chi connectivity index (χ1) is 20.4. The molecule has 0 unspecified atom stereocenters. The summed E-state index contributed by atoms with van der Waals surface area (Å²) >= 11 is 0. The molecule has 41 heavy (non-hydrogen) atoms. The third-order valence-electron chi connectivity index (χ3n) is 8.96. The van der Waals surface area contributed by atoms with Crippen LogP contribution in [0, 0.1) is 0 Å². The van der Waals surface area contributed by atoms with E-state index in [9.17, 15) is 0 Å². The summed E-state index contributed by atoms with van der Waals surface area (Å²) in [6, 6.07) is 48.6. The number of benzene rings is 6. The lowest BCUT2D eigenvalue weighted by molar-refractivity contribution is 1.18. The second kappa shape index (κ2) is 7.56. The van der Waals surface area contributed by atoms with Gasteiger partial charge >= 0.3 is 0 Å². The van der Waals surface area contributed by atoms with Crippen molar-refractivity contribution in [2.75, 3.05) is 0 Å². The Hall–Kier alpha value is -5.54. The van der Waals surface area contributed by atoms with Gasteiger partial charge in [0.25, 0.3) is 0 Å². The van der Waals surface area contributed by atoms with Gasteiger partial charge in [-0.05, 0) is 60.7 Å². The van der Waals surface area contributed by atoms with Crippen molar-refractivity contribution in [2.24, 2.45) is 0 Å². The fourth-order valence-electron chi connectivity index (χ4n) is 7.33. The highest BCUT2D eigenvalue weighted by molar-refractivity contribution is 6.33. The molecular weight excluding hydrogens is 498 g/mol. The summed E-state index contributed by atoms with van der Waals surface area (Å²) < 4.78 is 7.24. The smallest absolute Gasteiger partial charge is 0.0615 e. The van der Waals surface area contributed by atoms with Gasteiger partial charge in [0.1, 0.15) is 0 Å². The average molecular weight is 522 g/mol. The molecule has 0 atom stereocenters. The molecule has 0 N–H and O–H groups in total. The summed E-state index contributed by atoms with van der Waals surface area (Å²) in [5.41, 5.74) is 9.85. The second-order valence-electron chi connectivity index (χ2n) is 11.0. The SMILES string of the molecule is c1ccc(-n2c3ccccc3c3cc4c5c6c7ccccc7n(-c7ccccc7)c6cc6ccn(c4cc32)c65)cc1. The average Bonchev–Trinajstić information content (AvgIpc) is 3.77. The third-order valence-corrected chi connectivity index (χ3v) is 8.96. The van der Waals surface area contributed by atoms with Gasteiger partial charge in [-0.15, -0.1) is 0 Å². The monoisotopic (exact) mass is 521 g/mol. The molecule has 0 aliphatic heterocycles. The molecule has 0 saturated heterocycles. The van der Waals surface area contributed by atoms with Crippen LogP contribution in [0.1, 0.15) is 0 Å². The third kappa shape index (κ3) is 2.63. The maximum Gasteiger partial charge on any atom is 0.0615 e. The first-order valence-corrected chi connectivity index (χ1v) is 14.1. The maximum absolute atomic E-state index is 2.45. The second-order valence-corrected chi connectivity index (χ2v) is 11.0. The lowest BCUT2D eigenvalue weighted by atomic mass is 10.0. The normalized spacial score (nSPS) is 12.4. The fourth-order valence-corrected chi connectivity index (χ4v) is 7.33. The van der Waals surface area contributed by atoms with Gasteiger partial charge in [-0.25, -0.2) is 0 Å².